The molecule has 278 valence electrons. The average molecular weight is 697 g/mol. The summed E-state index contributed by atoms with van der Waals surface area (Å²) in [6.45, 7) is 15.6. The second kappa shape index (κ2) is 24.1. The van der Waals surface area contributed by atoms with Gasteiger partial charge in [-0.15, -0.1) is 0 Å². The van der Waals surface area contributed by atoms with E-state index in [2.05, 4.69) is 58.3 Å². The molecule has 0 unspecified atom stereocenters. The van der Waals surface area contributed by atoms with Gasteiger partial charge in [-0.1, -0.05) is 48.5 Å². The first kappa shape index (κ1) is 39.0. The molecule has 0 aromatic heterocycles. The van der Waals surface area contributed by atoms with Gasteiger partial charge in [-0.3, -0.25) is 9.80 Å². The quantitative estimate of drug-likeness (QED) is 0.312. The van der Waals surface area contributed by atoms with Crippen molar-refractivity contribution in [2.45, 2.75) is 25.7 Å². The normalized spacial score (nSPS) is 20.5. The van der Waals surface area contributed by atoms with Crippen LogP contribution in [0.3, 0.4) is 0 Å². The van der Waals surface area contributed by atoms with Gasteiger partial charge in [0.25, 0.3) is 0 Å². The predicted octanol–water partition coefficient (Wildman–Crippen LogP) is 4.62. The highest BCUT2D eigenvalue weighted by Crippen LogP contribution is 2.34. The van der Waals surface area contributed by atoms with Gasteiger partial charge in [0.15, 0.2) is 0 Å². The third kappa shape index (κ3) is 13.7. The molecular formula is C40H60N2O8. The number of ether oxygens (including phenoxy) is 8. The van der Waals surface area contributed by atoms with Crippen molar-refractivity contribution in [2.24, 2.45) is 0 Å². The topological polar surface area (TPSA) is 80.3 Å². The summed E-state index contributed by atoms with van der Waals surface area (Å²) in [5.74, 6) is 0. The Balaban J connectivity index is 1.22. The lowest BCUT2D eigenvalue weighted by molar-refractivity contribution is 0.00206. The van der Waals surface area contributed by atoms with Gasteiger partial charge in [-0.05, 0) is 71.4 Å². The molecule has 3 aromatic rings. The summed E-state index contributed by atoms with van der Waals surface area (Å²) in [7, 11) is 0. The second-order valence-corrected chi connectivity index (χ2v) is 12.8. The second-order valence-electron chi connectivity index (χ2n) is 12.8. The van der Waals surface area contributed by atoms with Gasteiger partial charge in [-0.25, -0.2) is 0 Å². The highest BCUT2D eigenvalue weighted by Gasteiger charge is 2.15. The summed E-state index contributed by atoms with van der Waals surface area (Å²) in [4.78, 5) is 4.94. The molecule has 0 N–H and O–H groups in total. The van der Waals surface area contributed by atoms with Gasteiger partial charge >= 0.3 is 0 Å². The molecule has 0 amide bonds. The Morgan fingerprint density at radius 1 is 0.340 bits per heavy atom. The Morgan fingerprint density at radius 2 is 0.580 bits per heavy atom. The Kier molecular flexibility index (Phi) is 18.8. The molecule has 2 fully saturated rings. The van der Waals surface area contributed by atoms with Crippen LogP contribution in [0.15, 0.2) is 48.5 Å². The van der Waals surface area contributed by atoms with E-state index in [1.54, 1.807) is 0 Å². The first-order valence-electron chi connectivity index (χ1n) is 18.9. The van der Waals surface area contributed by atoms with Crippen LogP contribution in [0, 0.1) is 0 Å². The van der Waals surface area contributed by atoms with Gasteiger partial charge in [0.1, 0.15) is 0 Å². The molecule has 0 saturated carbocycles. The molecule has 2 heterocycles. The number of rotatable bonds is 8. The molecule has 50 heavy (non-hydrogen) atoms. The van der Waals surface area contributed by atoms with Crippen molar-refractivity contribution < 1.29 is 37.9 Å². The fraction of sp³-hybridized carbons (Fsp3) is 0.650. The van der Waals surface area contributed by atoms with Crippen molar-refractivity contribution in [2.75, 3.05) is 145 Å². The summed E-state index contributed by atoms with van der Waals surface area (Å²) in [5.41, 5.74) is 2.90. The van der Waals surface area contributed by atoms with E-state index in [1.165, 1.54) is 32.7 Å². The minimum absolute atomic E-state index is 0.595. The van der Waals surface area contributed by atoms with E-state index in [0.717, 1.165) is 65.0 Å². The molecule has 0 spiro atoms. The third-order valence-corrected chi connectivity index (χ3v) is 9.40. The van der Waals surface area contributed by atoms with Crippen molar-refractivity contribution in [3.63, 3.8) is 0 Å². The van der Waals surface area contributed by atoms with Crippen LogP contribution in [-0.4, -0.2) is 155 Å². The molecule has 0 aliphatic carbocycles. The lowest BCUT2D eigenvalue weighted by atomic mass is 9.88. The highest BCUT2D eigenvalue weighted by molar-refractivity contribution is 6.05. The first-order chi connectivity index (χ1) is 24.9. The highest BCUT2D eigenvalue weighted by atomic mass is 16.6. The maximum absolute atomic E-state index is 5.88. The van der Waals surface area contributed by atoms with E-state index in [9.17, 15) is 0 Å². The SMILES string of the molecule is c1ccc2c(CCCN3CCOCCOCCOCCOCC3)c3ccccc3c(CCCN3CCOCCOCCOCCOCC3)c2c1. The molecule has 10 nitrogen and oxygen atoms in total. The number of hydrogen-bond acceptors (Lipinski definition) is 10. The van der Waals surface area contributed by atoms with Crippen molar-refractivity contribution in [1.29, 1.82) is 0 Å². The lowest BCUT2D eigenvalue weighted by Crippen LogP contribution is -2.32. The van der Waals surface area contributed by atoms with E-state index in [1.807, 2.05) is 0 Å². The van der Waals surface area contributed by atoms with Crippen LogP contribution in [0.1, 0.15) is 24.0 Å². The fourth-order valence-corrected chi connectivity index (χ4v) is 6.78. The van der Waals surface area contributed by atoms with Crippen LogP contribution < -0.4 is 0 Å². The van der Waals surface area contributed by atoms with Gasteiger partial charge in [0.05, 0.1) is 106 Å². The summed E-state index contributed by atoms with van der Waals surface area (Å²) < 4.78 is 45.9. The van der Waals surface area contributed by atoms with Crippen molar-refractivity contribution in [3.8, 4) is 0 Å². The third-order valence-electron chi connectivity index (χ3n) is 9.40. The maximum atomic E-state index is 5.88. The predicted molar refractivity (Wildman–Crippen MR) is 198 cm³/mol. The molecule has 2 saturated heterocycles. The van der Waals surface area contributed by atoms with Gasteiger partial charge in [0.2, 0.25) is 0 Å². The zero-order chi connectivity index (χ0) is 34.3. The summed E-state index contributed by atoms with van der Waals surface area (Å²) >= 11 is 0. The zero-order valence-electron chi connectivity index (χ0n) is 30.2. The van der Waals surface area contributed by atoms with Crippen LogP contribution in [0.25, 0.3) is 21.5 Å². The fourth-order valence-electron chi connectivity index (χ4n) is 6.78. The summed E-state index contributed by atoms with van der Waals surface area (Å²) in [5, 5.41) is 5.52. The van der Waals surface area contributed by atoms with Crippen molar-refractivity contribution >= 4 is 21.5 Å². The summed E-state index contributed by atoms with van der Waals surface area (Å²) in [6.07, 6.45) is 4.17. The number of fused-ring (bicyclic) bond motifs is 2. The Morgan fingerprint density at radius 3 is 0.840 bits per heavy atom. The molecule has 0 bridgehead atoms. The Hall–Kier alpha value is -2.22. The Bertz CT molecular complexity index is 1150. The largest absolute Gasteiger partial charge is 0.378 e. The molecule has 0 radical (unpaired) electrons. The zero-order valence-corrected chi connectivity index (χ0v) is 30.2. The van der Waals surface area contributed by atoms with E-state index in [-0.39, 0.29) is 0 Å². The maximum Gasteiger partial charge on any atom is 0.0701 e. The van der Waals surface area contributed by atoms with Gasteiger partial charge in [-0.2, -0.15) is 0 Å². The first-order valence-corrected chi connectivity index (χ1v) is 18.9. The van der Waals surface area contributed by atoms with Crippen LogP contribution in [0.2, 0.25) is 0 Å². The van der Waals surface area contributed by atoms with Crippen LogP contribution in [0.4, 0.5) is 0 Å². The molecule has 0 atom stereocenters. The number of hydrogen-bond donors (Lipinski definition) is 0. The van der Waals surface area contributed by atoms with Crippen LogP contribution in [-0.2, 0) is 50.7 Å². The minimum atomic E-state index is 0.595. The van der Waals surface area contributed by atoms with E-state index in [4.69, 9.17) is 37.9 Å². The van der Waals surface area contributed by atoms with E-state index < -0.39 is 0 Å². The average Bonchev–Trinajstić information content (AvgIpc) is 3.16. The van der Waals surface area contributed by atoms with E-state index in [0.29, 0.717) is 106 Å². The molecule has 2 aliphatic rings. The standard InChI is InChI=1S/C40H60N2O8/c1-2-8-36-35(7-1)39(11-5-13-41-15-19-43-23-27-47-31-32-48-28-24-44-20-16-41)37-9-3-4-10-38(37)40(36)12-6-14-42-17-21-45-25-29-49-33-34-50-30-26-46-22-18-42/h1-4,7-10H,5-6,11-34H2. The number of nitrogens with zero attached hydrogens (tertiary/aromatic N) is 2. The minimum Gasteiger partial charge on any atom is -0.378 e. The monoisotopic (exact) mass is 696 g/mol. The molecule has 5 rings (SSSR count). The summed E-state index contributed by atoms with van der Waals surface area (Å²) in [6, 6.07) is 18.0. The van der Waals surface area contributed by atoms with E-state index >= 15 is 0 Å². The van der Waals surface area contributed by atoms with Crippen molar-refractivity contribution in [3.05, 3.63) is 59.7 Å². The molecule has 3 aromatic carbocycles. The molecule has 10 heteroatoms. The van der Waals surface area contributed by atoms with Crippen LogP contribution in [0.5, 0.6) is 0 Å². The lowest BCUT2D eigenvalue weighted by Gasteiger charge is -2.24. The van der Waals surface area contributed by atoms with Gasteiger partial charge in [0, 0.05) is 26.2 Å². The smallest absolute Gasteiger partial charge is 0.0701 e. The molecular weight excluding hydrogens is 636 g/mol. The Labute approximate surface area is 299 Å². The van der Waals surface area contributed by atoms with Gasteiger partial charge < -0.3 is 37.9 Å². The van der Waals surface area contributed by atoms with Crippen LogP contribution >= 0.6 is 0 Å². The van der Waals surface area contributed by atoms with Crippen molar-refractivity contribution in [1.82, 2.24) is 9.80 Å². The number of benzene rings is 3. The molecule has 2 aliphatic heterocycles. The number of aryl methyl sites for hydroxylation is 2.